The Kier molecular flexibility index (Phi) is 6.75. The molecule has 6 nitrogen and oxygen atoms in total. The highest BCUT2D eigenvalue weighted by Crippen LogP contribution is 2.39. The van der Waals surface area contributed by atoms with E-state index < -0.39 is 11.4 Å². The molecular weight excluding hydrogens is 488 g/mol. The van der Waals surface area contributed by atoms with E-state index in [1.54, 1.807) is 13.8 Å². The predicted octanol–water partition coefficient (Wildman–Crippen LogP) is 6.66. The Balaban J connectivity index is 1.38. The summed E-state index contributed by atoms with van der Waals surface area (Å²) in [5.74, 6) is 0.288. The van der Waals surface area contributed by atoms with Gasteiger partial charge in [-0.2, -0.15) is 0 Å². The normalized spacial score (nSPS) is 14.9. The summed E-state index contributed by atoms with van der Waals surface area (Å²) in [5.41, 5.74) is 7.08. The summed E-state index contributed by atoms with van der Waals surface area (Å²) >= 11 is 0. The number of aromatic nitrogens is 1. The van der Waals surface area contributed by atoms with Crippen LogP contribution in [-0.2, 0) is 16.8 Å². The average molecular weight is 525 g/mol. The van der Waals surface area contributed by atoms with Crippen LogP contribution in [0.1, 0.15) is 83.5 Å². The van der Waals surface area contributed by atoms with E-state index in [1.807, 2.05) is 54.6 Å². The number of hydrogen-bond donors (Lipinski definition) is 2. The molecule has 202 valence electrons. The molecule has 0 saturated carbocycles. The van der Waals surface area contributed by atoms with Gasteiger partial charge in [-0.25, -0.2) is 0 Å². The van der Waals surface area contributed by atoms with Gasteiger partial charge >= 0.3 is 5.97 Å². The number of benzene rings is 3. The lowest BCUT2D eigenvalue weighted by molar-refractivity contribution is -0.142. The number of carboxylic acid groups (broad SMARTS) is 1. The molecule has 1 amide bonds. The molecule has 3 aromatic carbocycles. The largest absolute Gasteiger partial charge is 0.490 e. The first-order valence-corrected chi connectivity index (χ1v) is 13.5. The molecule has 6 heteroatoms. The standard InChI is InChI=1S/C33H36N2O4/c1-19(2)25-8-7-9-26-28(18-39-30(25)26)34-31(36)23-12-15-29-27(16-23)20(3)21(4)35(29)17-22-10-13-24(14-11-22)33(5,6)32(37)38/h7-16,19,28H,17-18H2,1-6H3,(H,34,36)(H,37,38)/t28-/m0/s1. The number of aliphatic carboxylic acids is 1. The highest BCUT2D eigenvalue weighted by Gasteiger charge is 2.30. The van der Waals surface area contributed by atoms with E-state index in [9.17, 15) is 14.7 Å². The second-order valence-corrected chi connectivity index (χ2v) is 11.4. The molecule has 5 rings (SSSR count). The number of ether oxygens (including phenoxy) is 1. The topological polar surface area (TPSA) is 80.6 Å². The Bertz CT molecular complexity index is 1580. The molecule has 0 aliphatic carbocycles. The zero-order valence-corrected chi connectivity index (χ0v) is 23.5. The number of carboxylic acids is 1. The monoisotopic (exact) mass is 524 g/mol. The van der Waals surface area contributed by atoms with E-state index in [0.29, 0.717) is 24.6 Å². The molecule has 2 N–H and O–H groups in total. The molecule has 1 aliphatic rings. The lowest BCUT2D eigenvalue weighted by Crippen LogP contribution is -2.29. The van der Waals surface area contributed by atoms with Crippen molar-refractivity contribution in [3.05, 3.63) is 99.7 Å². The van der Waals surface area contributed by atoms with Gasteiger partial charge in [0, 0.05) is 34.3 Å². The Morgan fingerprint density at radius 2 is 1.79 bits per heavy atom. The van der Waals surface area contributed by atoms with Gasteiger partial charge in [-0.15, -0.1) is 0 Å². The first-order chi connectivity index (χ1) is 18.5. The summed E-state index contributed by atoms with van der Waals surface area (Å²) in [5, 5.41) is 13.8. The minimum absolute atomic E-state index is 0.116. The molecule has 1 aromatic heterocycles. The van der Waals surface area contributed by atoms with Crippen molar-refractivity contribution in [3.63, 3.8) is 0 Å². The zero-order valence-electron chi connectivity index (χ0n) is 23.5. The number of aryl methyl sites for hydroxylation is 1. The zero-order chi connectivity index (χ0) is 28.1. The SMILES string of the molecule is Cc1c(C)n(Cc2ccc(C(C)(C)C(=O)O)cc2)c2ccc(C(=O)N[C@H]3COc4c(C(C)C)cccc43)cc12. The van der Waals surface area contributed by atoms with Gasteiger partial charge in [-0.3, -0.25) is 9.59 Å². The van der Waals surface area contributed by atoms with Gasteiger partial charge in [0.1, 0.15) is 12.4 Å². The van der Waals surface area contributed by atoms with Gasteiger partial charge in [-0.1, -0.05) is 56.3 Å². The van der Waals surface area contributed by atoms with E-state index in [1.165, 1.54) is 5.56 Å². The van der Waals surface area contributed by atoms with Crippen molar-refractivity contribution in [2.24, 2.45) is 0 Å². The smallest absolute Gasteiger partial charge is 0.313 e. The van der Waals surface area contributed by atoms with Crippen LogP contribution in [-0.4, -0.2) is 28.2 Å². The summed E-state index contributed by atoms with van der Waals surface area (Å²) in [7, 11) is 0. The van der Waals surface area contributed by atoms with E-state index in [4.69, 9.17) is 4.74 Å². The molecule has 4 aromatic rings. The lowest BCUT2D eigenvalue weighted by Gasteiger charge is -2.20. The summed E-state index contributed by atoms with van der Waals surface area (Å²) in [6.45, 7) is 13.0. The molecule has 0 radical (unpaired) electrons. The summed E-state index contributed by atoms with van der Waals surface area (Å²) in [6.07, 6.45) is 0. The number of hydrogen-bond acceptors (Lipinski definition) is 3. The Morgan fingerprint density at radius 1 is 1.08 bits per heavy atom. The molecule has 0 spiro atoms. The number of para-hydroxylation sites is 1. The van der Waals surface area contributed by atoms with Crippen molar-refractivity contribution in [1.82, 2.24) is 9.88 Å². The van der Waals surface area contributed by atoms with Crippen LogP contribution in [0.15, 0.2) is 60.7 Å². The Labute approximate surface area is 229 Å². The van der Waals surface area contributed by atoms with Gasteiger partial charge < -0.3 is 19.7 Å². The van der Waals surface area contributed by atoms with Crippen molar-refractivity contribution >= 4 is 22.8 Å². The van der Waals surface area contributed by atoms with Crippen molar-refractivity contribution < 1.29 is 19.4 Å². The molecule has 2 heterocycles. The Morgan fingerprint density at radius 3 is 2.46 bits per heavy atom. The first-order valence-electron chi connectivity index (χ1n) is 13.5. The number of nitrogens with one attached hydrogen (secondary N) is 1. The third kappa shape index (κ3) is 4.69. The van der Waals surface area contributed by atoms with Crippen molar-refractivity contribution in [3.8, 4) is 5.75 Å². The lowest BCUT2D eigenvalue weighted by atomic mass is 9.84. The van der Waals surface area contributed by atoms with Crippen LogP contribution in [0, 0.1) is 13.8 Å². The fourth-order valence-corrected chi connectivity index (χ4v) is 5.41. The maximum atomic E-state index is 13.3. The van der Waals surface area contributed by atoms with Crippen LogP contribution in [0.3, 0.4) is 0 Å². The Hall–Kier alpha value is -4.06. The minimum atomic E-state index is -0.939. The van der Waals surface area contributed by atoms with E-state index in [-0.39, 0.29) is 11.9 Å². The third-order valence-electron chi connectivity index (χ3n) is 8.23. The molecule has 0 bridgehead atoms. The summed E-state index contributed by atoms with van der Waals surface area (Å²) < 4.78 is 8.24. The fraction of sp³-hybridized carbons (Fsp3) is 0.333. The van der Waals surface area contributed by atoms with Crippen LogP contribution in [0.5, 0.6) is 5.75 Å². The van der Waals surface area contributed by atoms with Crippen LogP contribution < -0.4 is 10.1 Å². The second kappa shape index (κ2) is 9.92. The molecule has 0 fully saturated rings. The number of carbonyl (C=O) groups excluding carboxylic acids is 1. The van der Waals surface area contributed by atoms with Crippen molar-refractivity contribution in [2.45, 2.75) is 65.5 Å². The molecule has 0 saturated heterocycles. The maximum Gasteiger partial charge on any atom is 0.313 e. The van der Waals surface area contributed by atoms with Crippen molar-refractivity contribution in [2.75, 3.05) is 6.61 Å². The minimum Gasteiger partial charge on any atom is -0.490 e. The predicted molar refractivity (Wildman–Crippen MR) is 154 cm³/mol. The fourth-order valence-electron chi connectivity index (χ4n) is 5.41. The number of amides is 1. The first kappa shape index (κ1) is 26.5. The van der Waals surface area contributed by atoms with E-state index >= 15 is 0 Å². The molecule has 1 aliphatic heterocycles. The highest BCUT2D eigenvalue weighted by molar-refractivity contribution is 5.99. The van der Waals surface area contributed by atoms with Gasteiger partial charge in [0.15, 0.2) is 0 Å². The molecule has 0 unspecified atom stereocenters. The number of carbonyl (C=O) groups is 2. The van der Waals surface area contributed by atoms with Crippen LogP contribution in [0.2, 0.25) is 0 Å². The summed E-state index contributed by atoms with van der Waals surface area (Å²) in [6, 6.07) is 19.6. The van der Waals surface area contributed by atoms with Crippen LogP contribution in [0.25, 0.3) is 10.9 Å². The van der Waals surface area contributed by atoms with Crippen LogP contribution >= 0.6 is 0 Å². The van der Waals surface area contributed by atoms with Crippen LogP contribution in [0.4, 0.5) is 0 Å². The van der Waals surface area contributed by atoms with Gasteiger partial charge in [0.25, 0.3) is 5.91 Å². The highest BCUT2D eigenvalue weighted by atomic mass is 16.5. The van der Waals surface area contributed by atoms with E-state index in [0.717, 1.165) is 44.6 Å². The molecule has 39 heavy (non-hydrogen) atoms. The number of nitrogens with zero attached hydrogens (tertiary/aromatic N) is 1. The molecular formula is C33H36N2O4. The average Bonchev–Trinajstić information content (AvgIpc) is 3.42. The van der Waals surface area contributed by atoms with Gasteiger partial charge in [-0.05, 0) is 74.1 Å². The number of fused-ring (bicyclic) bond motifs is 2. The van der Waals surface area contributed by atoms with Crippen molar-refractivity contribution in [1.29, 1.82) is 0 Å². The van der Waals surface area contributed by atoms with E-state index in [2.05, 4.69) is 43.6 Å². The van der Waals surface area contributed by atoms with Gasteiger partial charge in [0.2, 0.25) is 0 Å². The maximum absolute atomic E-state index is 13.3. The van der Waals surface area contributed by atoms with Gasteiger partial charge in [0.05, 0.1) is 11.5 Å². The second-order valence-electron chi connectivity index (χ2n) is 11.4. The third-order valence-corrected chi connectivity index (χ3v) is 8.23. The summed E-state index contributed by atoms with van der Waals surface area (Å²) in [4.78, 5) is 24.9. The number of rotatable bonds is 7. The molecule has 1 atom stereocenters. The quantitative estimate of drug-likeness (QED) is 0.283.